The van der Waals surface area contributed by atoms with E-state index in [4.69, 9.17) is 21.6 Å². The van der Waals surface area contributed by atoms with E-state index in [-0.39, 0.29) is 5.91 Å². The summed E-state index contributed by atoms with van der Waals surface area (Å²) >= 11 is 6.08. The lowest BCUT2D eigenvalue weighted by Crippen LogP contribution is -2.07. The monoisotopic (exact) mass is 379 g/mol. The van der Waals surface area contributed by atoms with Crippen LogP contribution in [0.2, 0.25) is 5.02 Å². The molecule has 0 unspecified atom stereocenters. The minimum atomic E-state index is -0.259. The SMILES string of the molecule is COc1ccc(NC(=O)/C=C/c2cn(CCC#N)c3ccccc23)cc1Cl. The number of halogens is 1. The third-order valence-corrected chi connectivity index (χ3v) is 4.41. The summed E-state index contributed by atoms with van der Waals surface area (Å²) in [6.45, 7) is 0.612. The fraction of sp³-hybridized carbons (Fsp3) is 0.143. The van der Waals surface area contributed by atoms with Gasteiger partial charge in [0.05, 0.1) is 24.6 Å². The number of fused-ring (bicyclic) bond motifs is 1. The van der Waals surface area contributed by atoms with Gasteiger partial charge >= 0.3 is 0 Å². The van der Waals surface area contributed by atoms with Crippen molar-refractivity contribution in [3.63, 3.8) is 0 Å². The number of aromatic nitrogens is 1. The summed E-state index contributed by atoms with van der Waals surface area (Å²) < 4.78 is 7.13. The maximum absolute atomic E-state index is 12.2. The van der Waals surface area contributed by atoms with Crippen LogP contribution in [0, 0.1) is 11.3 Å². The maximum Gasteiger partial charge on any atom is 0.248 e. The van der Waals surface area contributed by atoms with Crippen LogP contribution in [0.15, 0.2) is 54.7 Å². The lowest BCUT2D eigenvalue weighted by Gasteiger charge is -2.06. The van der Waals surface area contributed by atoms with Crippen LogP contribution in [0.5, 0.6) is 5.75 Å². The van der Waals surface area contributed by atoms with Gasteiger partial charge < -0.3 is 14.6 Å². The third-order valence-electron chi connectivity index (χ3n) is 4.12. The van der Waals surface area contributed by atoms with Gasteiger partial charge in [-0.3, -0.25) is 4.79 Å². The molecule has 3 rings (SSSR count). The molecule has 0 spiro atoms. The molecule has 0 aliphatic carbocycles. The summed E-state index contributed by atoms with van der Waals surface area (Å²) in [5.74, 6) is 0.292. The lowest BCUT2D eigenvalue weighted by molar-refractivity contribution is -0.111. The molecule has 1 heterocycles. The first-order chi connectivity index (χ1) is 13.1. The van der Waals surface area contributed by atoms with E-state index in [1.54, 1.807) is 24.3 Å². The van der Waals surface area contributed by atoms with E-state index in [2.05, 4.69) is 11.4 Å². The number of benzene rings is 2. The van der Waals surface area contributed by atoms with Crippen molar-refractivity contribution in [2.24, 2.45) is 0 Å². The standard InChI is InChI=1S/C21H18ClN3O2/c1-27-20-9-8-16(13-18(20)22)24-21(26)10-7-15-14-25(12-4-11-23)19-6-3-2-5-17(15)19/h2-3,5-10,13-14H,4,12H2,1H3,(H,24,26)/b10-7+. The first kappa shape index (κ1) is 18.6. The number of hydrogen-bond acceptors (Lipinski definition) is 3. The number of nitriles is 1. The average molecular weight is 380 g/mol. The van der Waals surface area contributed by atoms with Crippen molar-refractivity contribution in [2.45, 2.75) is 13.0 Å². The normalized spacial score (nSPS) is 10.9. The molecule has 1 N–H and O–H groups in total. The van der Waals surface area contributed by atoms with Crippen molar-refractivity contribution in [3.8, 4) is 11.8 Å². The van der Waals surface area contributed by atoms with Crippen LogP contribution in [0.4, 0.5) is 5.69 Å². The highest BCUT2D eigenvalue weighted by Gasteiger charge is 2.07. The van der Waals surface area contributed by atoms with Crippen LogP contribution < -0.4 is 10.1 Å². The highest BCUT2D eigenvalue weighted by molar-refractivity contribution is 6.32. The number of carbonyl (C=O) groups is 1. The van der Waals surface area contributed by atoms with Crippen molar-refractivity contribution in [3.05, 3.63) is 65.3 Å². The number of methoxy groups -OCH3 is 1. The van der Waals surface area contributed by atoms with E-state index in [1.807, 2.05) is 35.0 Å². The highest BCUT2D eigenvalue weighted by atomic mass is 35.5. The Labute approximate surface area is 162 Å². The zero-order valence-corrected chi connectivity index (χ0v) is 15.5. The van der Waals surface area contributed by atoms with E-state index in [1.165, 1.54) is 13.2 Å². The van der Waals surface area contributed by atoms with Crippen molar-refractivity contribution in [1.29, 1.82) is 5.26 Å². The molecule has 0 atom stereocenters. The van der Waals surface area contributed by atoms with Gasteiger partial charge in [-0.2, -0.15) is 5.26 Å². The molecule has 5 nitrogen and oxygen atoms in total. The zero-order chi connectivity index (χ0) is 19.2. The van der Waals surface area contributed by atoms with Crippen molar-refractivity contribution in [2.75, 3.05) is 12.4 Å². The summed E-state index contributed by atoms with van der Waals surface area (Å²) in [6.07, 6.45) is 5.64. The quantitative estimate of drug-likeness (QED) is 0.621. The zero-order valence-electron chi connectivity index (χ0n) is 14.8. The van der Waals surface area contributed by atoms with Crippen LogP contribution in [0.25, 0.3) is 17.0 Å². The molecule has 136 valence electrons. The Morgan fingerprint density at radius 3 is 2.89 bits per heavy atom. The second-order valence-corrected chi connectivity index (χ2v) is 6.28. The van der Waals surface area contributed by atoms with Crippen LogP contribution in [0.3, 0.4) is 0 Å². The fourth-order valence-electron chi connectivity index (χ4n) is 2.86. The predicted octanol–water partition coefficient (Wildman–Crippen LogP) is 4.87. The molecule has 1 aromatic heterocycles. The summed E-state index contributed by atoms with van der Waals surface area (Å²) in [5, 5.41) is 13.1. The first-order valence-corrected chi connectivity index (χ1v) is 8.77. The van der Waals surface area contributed by atoms with Crippen LogP contribution in [-0.4, -0.2) is 17.6 Å². The molecule has 3 aromatic rings. The van der Waals surface area contributed by atoms with Gasteiger partial charge in [0, 0.05) is 41.0 Å². The van der Waals surface area contributed by atoms with Gasteiger partial charge in [-0.25, -0.2) is 0 Å². The number of amides is 1. The van der Waals surface area contributed by atoms with Crippen molar-refractivity contribution >= 4 is 40.2 Å². The number of nitrogens with one attached hydrogen (secondary N) is 1. The molecule has 0 saturated carbocycles. The van der Waals surface area contributed by atoms with Gasteiger partial charge in [0.15, 0.2) is 0 Å². The van der Waals surface area contributed by atoms with Crippen LogP contribution >= 0.6 is 11.6 Å². The minimum Gasteiger partial charge on any atom is -0.495 e. The van der Waals surface area contributed by atoms with Crippen LogP contribution in [0.1, 0.15) is 12.0 Å². The van der Waals surface area contributed by atoms with E-state index in [0.717, 1.165) is 16.5 Å². The van der Waals surface area contributed by atoms with E-state index in [9.17, 15) is 4.79 Å². The molecule has 1 amide bonds. The first-order valence-electron chi connectivity index (χ1n) is 8.40. The minimum absolute atomic E-state index is 0.259. The summed E-state index contributed by atoms with van der Waals surface area (Å²) in [5.41, 5.74) is 2.55. The predicted molar refractivity (Wildman–Crippen MR) is 108 cm³/mol. The van der Waals surface area contributed by atoms with Gasteiger partial charge in [0.1, 0.15) is 5.75 Å². The Balaban J connectivity index is 1.78. The Bertz CT molecular complexity index is 1050. The molecule has 2 aromatic carbocycles. The summed E-state index contributed by atoms with van der Waals surface area (Å²) in [6, 6.07) is 15.1. The van der Waals surface area contributed by atoms with E-state index < -0.39 is 0 Å². The summed E-state index contributed by atoms with van der Waals surface area (Å²) in [7, 11) is 1.54. The lowest BCUT2D eigenvalue weighted by atomic mass is 10.1. The van der Waals surface area contributed by atoms with Gasteiger partial charge in [0.25, 0.3) is 0 Å². The number of anilines is 1. The van der Waals surface area contributed by atoms with Gasteiger partial charge in [-0.15, -0.1) is 0 Å². The van der Waals surface area contributed by atoms with E-state index in [0.29, 0.717) is 29.4 Å². The van der Waals surface area contributed by atoms with Gasteiger partial charge in [-0.1, -0.05) is 29.8 Å². The number of hydrogen-bond donors (Lipinski definition) is 1. The molecule has 0 radical (unpaired) electrons. The maximum atomic E-state index is 12.2. The molecular weight excluding hydrogens is 362 g/mol. The smallest absolute Gasteiger partial charge is 0.248 e. The highest BCUT2D eigenvalue weighted by Crippen LogP contribution is 2.27. The van der Waals surface area contributed by atoms with Crippen LogP contribution in [-0.2, 0) is 11.3 Å². The number of nitrogens with zero attached hydrogens (tertiary/aromatic N) is 2. The Morgan fingerprint density at radius 2 is 2.15 bits per heavy atom. The Morgan fingerprint density at radius 1 is 1.33 bits per heavy atom. The number of ether oxygens (including phenoxy) is 1. The molecule has 0 fully saturated rings. The molecule has 0 aliphatic rings. The van der Waals surface area contributed by atoms with Gasteiger partial charge in [-0.05, 0) is 30.3 Å². The van der Waals surface area contributed by atoms with E-state index >= 15 is 0 Å². The van der Waals surface area contributed by atoms with Crippen molar-refractivity contribution < 1.29 is 9.53 Å². The fourth-order valence-corrected chi connectivity index (χ4v) is 3.11. The Hall–Kier alpha value is -3.23. The summed E-state index contributed by atoms with van der Waals surface area (Å²) in [4.78, 5) is 12.2. The number of aryl methyl sites for hydroxylation is 1. The second kappa shape index (κ2) is 8.43. The number of para-hydroxylation sites is 1. The largest absolute Gasteiger partial charge is 0.495 e. The van der Waals surface area contributed by atoms with Gasteiger partial charge in [0.2, 0.25) is 5.91 Å². The molecule has 0 bridgehead atoms. The molecule has 27 heavy (non-hydrogen) atoms. The van der Waals surface area contributed by atoms with Crippen molar-refractivity contribution in [1.82, 2.24) is 4.57 Å². The molecular formula is C21H18ClN3O2. The Kier molecular flexibility index (Phi) is 5.80. The molecule has 6 heteroatoms. The number of rotatable bonds is 6. The molecule has 0 saturated heterocycles. The topological polar surface area (TPSA) is 67.0 Å². The average Bonchev–Trinajstić information content (AvgIpc) is 3.03. The second-order valence-electron chi connectivity index (χ2n) is 5.88. The number of carbonyl (C=O) groups excluding carboxylic acids is 1. The third kappa shape index (κ3) is 4.30. The molecule has 0 aliphatic heterocycles.